The van der Waals surface area contributed by atoms with Crippen LogP contribution in [0.5, 0.6) is 0 Å². The molecule has 6 heteroatoms. The normalized spacial score (nSPS) is 22.7. The van der Waals surface area contributed by atoms with Crippen molar-refractivity contribution < 1.29 is 4.79 Å². The second-order valence-corrected chi connectivity index (χ2v) is 11.9. The summed E-state index contributed by atoms with van der Waals surface area (Å²) >= 11 is 0. The van der Waals surface area contributed by atoms with Crippen LogP contribution in [0.4, 0.5) is 0 Å². The Bertz CT molecular complexity index is 1390. The molecule has 1 amide bonds. The van der Waals surface area contributed by atoms with Crippen LogP contribution >= 0.6 is 0 Å². The van der Waals surface area contributed by atoms with Gasteiger partial charge in [0, 0.05) is 56.3 Å². The molecule has 0 radical (unpaired) electrons. The monoisotopic (exact) mass is 467 g/mol. The summed E-state index contributed by atoms with van der Waals surface area (Å²) in [6.07, 6.45) is 6.55. The number of nitrogens with zero attached hydrogens (tertiary/aromatic N) is 5. The highest BCUT2D eigenvalue weighted by Gasteiger charge is 2.58. The lowest BCUT2D eigenvalue weighted by Crippen LogP contribution is -2.54. The fourth-order valence-corrected chi connectivity index (χ4v) is 5.98. The number of hydrogen-bond donors (Lipinski definition) is 0. The van der Waals surface area contributed by atoms with Crippen LogP contribution in [0, 0.1) is 18.3 Å². The Morgan fingerprint density at radius 2 is 1.77 bits per heavy atom. The highest BCUT2D eigenvalue weighted by Crippen LogP contribution is 2.48. The maximum atomic E-state index is 13.4. The number of amidine groups is 1. The number of carbonyl (C=O) groups is 1. The predicted octanol–water partition coefficient (Wildman–Crippen LogP) is 4.40. The van der Waals surface area contributed by atoms with Gasteiger partial charge in [-0.15, -0.1) is 0 Å². The Hall–Kier alpha value is -2.99. The zero-order chi connectivity index (χ0) is 23.9. The van der Waals surface area contributed by atoms with E-state index >= 15 is 0 Å². The van der Waals surface area contributed by atoms with Gasteiger partial charge in [-0.25, -0.2) is 0 Å². The number of rotatable bonds is 6. The third-order valence-corrected chi connectivity index (χ3v) is 8.55. The van der Waals surface area contributed by atoms with E-state index in [0.29, 0.717) is 11.3 Å². The number of benzene rings is 2. The highest BCUT2D eigenvalue weighted by atomic mass is 16.2. The van der Waals surface area contributed by atoms with Gasteiger partial charge in [0.1, 0.15) is 11.4 Å². The molecule has 6 nitrogen and oxygen atoms in total. The average Bonchev–Trinajstić information content (AvgIpc) is 3.68. The molecule has 4 aliphatic rings. The molecule has 3 aromatic rings. The highest BCUT2D eigenvalue weighted by molar-refractivity contribution is 6.17. The zero-order valence-corrected chi connectivity index (χ0v) is 20.9. The lowest BCUT2D eigenvalue weighted by molar-refractivity contribution is -0.129. The molecule has 2 aliphatic heterocycles. The van der Waals surface area contributed by atoms with Crippen molar-refractivity contribution in [2.24, 2.45) is 23.4 Å². The Balaban J connectivity index is 1.13. The number of carbonyl (C=O) groups excluding carboxylic acids is 1. The first-order valence-corrected chi connectivity index (χ1v) is 13.0. The minimum Gasteiger partial charge on any atom is -0.302 e. The summed E-state index contributed by atoms with van der Waals surface area (Å²) in [5.74, 6) is 1.67. The molecule has 0 atom stereocenters. The van der Waals surface area contributed by atoms with Crippen LogP contribution in [0.25, 0.3) is 22.0 Å². The van der Waals surface area contributed by atoms with E-state index in [9.17, 15) is 4.79 Å². The molecular weight excluding hydrogens is 434 g/mol. The fraction of sp³-hybridized carbons (Fsp3) is 0.483. The quantitative estimate of drug-likeness (QED) is 0.540. The summed E-state index contributed by atoms with van der Waals surface area (Å²) in [4.78, 5) is 23.0. The molecule has 3 fully saturated rings. The van der Waals surface area contributed by atoms with Gasteiger partial charge in [0.2, 0.25) is 0 Å². The number of amides is 1. The second kappa shape index (κ2) is 7.26. The number of aromatic nitrogens is 2. The van der Waals surface area contributed by atoms with E-state index in [4.69, 9.17) is 4.99 Å². The van der Waals surface area contributed by atoms with Crippen LogP contribution in [0.2, 0.25) is 0 Å². The third-order valence-electron chi connectivity index (χ3n) is 8.55. The van der Waals surface area contributed by atoms with Crippen molar-refractivity contribution in [3.05, 3.63) is 53.7 Å². The third kappa shape index (κ3) is 3.61. The van der Waals surface area contributed by atoms with E-state index < -0.39 is 5.54 Å². The van der Waals surface area contributed by atoms with Gasteiger partial charge >= 0.3 is 0 Å². The van der Waals surface area contributed by atoms with E-state index in [-0.39, 0.29) is 5.91 Å². The van der Waals surface area contributed by atoms with Gasteiger partial charge in [-0.1, -0.05) is 37.3 Å². The average molecular weight is 468 g/mol. The van der Waals surface area contributed by atoms with Gasteiger partial charge in [0.15, 0.2) is 0 Å². The van der Waals surface area contributed by atoms with E-state index in [1.807, 2.05) is 22.8 Å². The number of hydrogen-bond acceptors (Lipinski definition) is 4. The summed E-state index contributed by atoms with van der Waals surface area (Å²) < 4.78 is 1.86. The van der Waals surface area contributed by atoms with Gasteiger partial charge in [-0.2, -0.15) is 5.10 Å². The van der Waals surface area contributed by atoms with Crippen molar-refractivity contribution in [1.29, 1.82) is 0 Å². The zero-order valence-electron chi connectivity index (χ0n) is 20.9. The van der Waals surface area contributed by atoms with Crippen LogP contribution < -0.4 is 0 Å². The van der Waals surface area contributed by atoms with Crippen molar-refractivity contribution in [2.45, 2.75) is 45.1 Å². The minimum absolute atomic E-state index is 0.226. The van der Waals surface area contributed by atoms with Gasteiger partial charge < -0.3 is 4.90 Å². The Morgan fingerprint density at radius 3 is 2.49 bits per heavy atom. The molecule has 0 bridgehead atoms. The van der Waals surface area contributed by atoms with Crippen LogP contribution in [-0.4, -0.2) is 63.0 Å². The van der Waals surface area contributed by atoms with Gasteiger partial charge in [-0.05, 0) is 60.8 Å². The van der Waals surface area contributed by atoms with Crippen molar-refractivity contribution in [3.63, 3.8) is 0 Å². The minimum atomic E-state index is -0.463. The van der Waals surface area contributed by atoms with Crippen LogP contribution in [-0.2, 0) is 11.8 Å². The lowest BCUT2D eigenvalue weighted by Gasteiger charge is -2.42. The Labute approximate surface area is 206 Å². The molecule has 2 aromatic carbocycles. The maximum Gasteiger partial charge on any atom is 0.256 e. The lowest BCUT2D eigenvalue weighted by atomic mass is 9.95. The van der Waals surface area contributed by atoms with Crippen LogP contribution in [0.1, 0.15) is 43.7 Å². The summed E-state index contributed by atoms with van der Waals surface area (Å²) in [6, 6.07) is 13.0. The van der Waals surface area contributed by atoms with Crippen molar-refractivity contribution in [3.8, 4) is 11.1 Å². The van der Waals surface area contributed by atoms with Crippen LogP contribution in [0.15, 0.2) is 47.6 Å². The summed E-state index contributed by atoms with van der Waals surface area (Å²) in [6.45, 7) is 8.76. The molecule has 0 unspecified atom stereocenters. The Morgan fingerprint density at radius 1 is 1.03 bits per heavy atom. The molecule has 2 saturated carbocycles. The van der Waals surface area contributed by atoms with Gasteiger partial charge in [0.05, 0.1) is 5.52 Å². The SMILES string of the molecule is Cc1cc(-c2ccc3cn(C)nc3c2)ccc1C1=NC2(CC2)C(=O)N1CC1CN(CC2(C)CC2)C1. The standard InChI is InChI=1S/C29H33N5O/c1-19-12-21(22-4-5-23-17-32(3)31-25(23)13-22)6-7-24(19)26-30-29(10-11-29)27(35)34(26)16-20-14-33(15-20)18-28(2)8-9-28/h4-7,12-13,17,20H,8-11,14-16,18H2,1-3H3. The van der Waals surface area contributed by atoms with E-state index in [1.165, 1.54) is 24.9 Å². The second-order valence-electron chi connectivity index (χ2n) is 11.9. The number of likely N-dealkylation sites (tertiary alicyclic amines) is 1. The Kier molecular flexibility index (Phi) is 4.42. The molecule has 35 heavy (non-hydrogen) atoms. The number of aryl methyl sites for hydroxylation is 2. The smallest absolute Gasteiger partial charge is 0.256 e. The molecule has 1 spiro atoms. The molecule has 7 rings (SSSR count). The largest absolute Gasteiger partial charge is 0.302 e. The van der Waals surface area contributed by atoms with E-state index in [1.54, 1.807) is 0 Å². The van der Waals surface area contributed by atoms with Crippen LogP contribution in [0.3, 0.4) is 0 Å². The van der Waals surface area contributed by atoms with Gasteiger partial charge in [0.25, 0.3) is 5.91 Å². The van der Waals surface area contributed by atoms with Crippen molar-refractivity contribution in [2.75, 3.05) is 26.2 Å². The first-order chi connectivity index (χ1) is 16.8. The summed E-state index contributed by atoms with van der Waals surface area (Å²) in [7, 11) is 1.95. The van der Waals surface area contributed by atoms with Gasteiger partial charge in [-0.3, -0.25) is 19.4 Å². The topological polar surface area (TPSA) is 53.7 Å². The van der Waals surface area contributed by atoms with Crippen molar-refractivity contribution in [1.82, 2.24) is 19.6 Å². The number of fused-ring (bicyclic) bond motifs is 1. The molecular formula is C29H33N5O. The molecule has 3 heterocycles. The van der Waals surface area contributed by atoms with E-state index in [2.05, 4.69) is 60.2 Å². The summed E-state index contributed by atoms with van der Waals surface area (Å²) in [5.41, 5.74) is 5.67. The first kappa shape index (κ1) is 21.3. The predicted molar refractivity (Wildman–Crippen MR) is 138 cm³/mol. The molecule has 1 aromatic heterocycles. The molecule has 1 saturated heterocycles. The fourth-order valence-electron chi connectivity index (χ4n) is 5.98. The van der Waals surface area contributed by atoms with E-state index in [0.717, 1.165) is 65.9 Å². The first-order valence-electron chi connectivity index (χ1n) is 13.0. The molecule has 0 N–H and O–H groups in total. The van der Waals surface area contributed by atoms with Crippen molar-refractivity contribution >= 4 is 22.6 Å². The number of aliphatic imine (C=N–C) groups is 1. The maximum absolute atomic E-state index is 13.4. The molecule has 180 valence electrons. The summed E-state index contributed by atoms with van der Waals surface area (Å²) in [5, 5.41) is 5.71. The molecule has 2 aliphatic carbocycles.